The Bertz CT molecular complexity index is 73.3. The summed E-state index contributed by atoms with van der Waals surface area (Å²) in [5, 5.41) is 26.0. The zero-order valence-electron chi connectivity index (χ0n) is 6.32. The van der Waals surface area contributed by atoms with Crippen LogP contribution in [0.3, 0.4) is 0 Å². The molecule has 0 unspecified atom stereocenters. The molecule has 0 aromatic rings. The summed E-state index contributed by atoms with van der Waals surface area (Å²) in [5.74, 6) is 0. The van der Waals surface area contributed by atoms with Crippen LogP contribution in [0.25, 0.3) is 0 Å². The molecular weight excluding hydrogens is 132 g/mol. The van der Waals surface area contributed by atoms with E-state index >= 15 is 0 Å². The fourth-order valence-electron chi connectivity index (χ4n) is 0.740. The lowest BCUT2D eigenvalue weighted by molar-refractivity contribution is 0.0814. The summed E-state index contributed by atoms with van der Waals surface area (Å²) < 4.78 is 0. The number of hydrogen-bond acceptors (Lipinski definition) is 3. The SMILES string of the molecule is C[C@@H](O)CCC[C@@H](O)CO. The first kappa shape index (κ1) is 9.88. The van der Waals surface area contributed by atoms with E-state index in [2.05, 4.69) is 0 Å². The molecule has 0 fully saturated rings. The molecule has 0 amide bonds. The highest BCUT2D eigenvalue weighted by atomic mass is 16.3. The van der Waals surface area contributed by atoms with Gasteiger partial charge in [0, 0.05) is 0 Å². The number of rotatable bonds is 5. The maximum atomic E-state index is 8.84. The monoisotopic (exact) mass is 148 g/mol. The highest BCUT2D eigenvalue weighted by molar-refractivity contribution is 4.54. The second-order valence-corrected chi connectivity index (χ2v) is 2.62. The van der Waals surface area contributed by atoms with Gasteiger partial charge in [0.2, 0.25) is 0 Å². The topological polar surface area (TPSA) is 60.7 Å². The number of hydrogen-bond donors (Lipinski definition) is 3. The van der Waals surface area contributed by atoms with E-state index in [1.165, 1.54) is 0 Å². The summed E-state index contributed by atoms with van der Waals surface area (Å²) in [6, 6.07) is 0. The van der Waals surface area contributed by atoms with Gasteiger partial charge >= 0.3 is 0 Å². The maximum Gasteiger partial charge on any atom is 0.0771 e. The molecule has 0 aromatic carbocycles. The first-order valence-corrected chi connectivity index (χ1v) is 3.63. The Morgan fingerprint density at radius 2 is 1.80 bits per heavy atom. The zero-order chi connectivity index (χ0) is 7.98. The Morgan fingerprint density at radius 3 is 2.20 bits per heavy atom. The Hall–Kier alpha value is -0.120. The van der Waals surface area contributed by atoms with Crippen LogP contribution >= 0.6 is 0 Å². The van der Waals surface area contributed by atoms with Crippen molar-refractivity contribution in [1.29, 1.82) is 0 Å². The van der Waals surface area contributed by atoms with Crippen molar-refractivity contribution in [2.45, 2.75) is 38.4 Å². The highest BCUT2D eigenvalue weighted by Gasteiger charge is 2.02. The second-order valence-electron chi connectivity index (χ2n) is 2.62. The van der Waals surface area contributed by atoms with Gasteiger partial charge in [-0.05, 0) is 26.2 Å². The minimum atomic E-state index is -0.612. The van der Waals surface area contributed by atoms with Gasteiger partial charge in [-0.15, -0.1) is 0 Å². The van der Waals surface area contributed by atoms with E-state index in [-0.39, 0.29) is 12.7 Å². The van der Waals surface area contributed by atoms with Gasteiger partial charge in [-0.3, -0.25) is 0 Å². The molecule has 10 heavy (non-hydrogen) atoms. The van der Waals surface area contributed by atoms with Gasteiger partial charge in [0.25, 0.3) is 0 Å². The first-order valence-electron chi connectivity index (χ1n) is 3.63. The molecule has 0 heterocycles. The van der Waals surface area contributed by atoms with Crippen LogP contribution in [0, 0.1) is 0 Å². The molecule has 0 aromatic heterocycles. The molecule has 0 aliphatic rings. The van der Waals surface area contributed by atoms with E-state index in [0.29, 0.717) is 12.8 Å². The quantitative estimate of drug-likeness (QED) is 0.510. The van der Waals surface area contributed by atoms with Crippen LogP contribution in [0.2, 0.25) is 0 Å². The molecule has 0 rings (SSSR count). The van der Waals surface area contributed by atoms with Crippen LogP contribution in [0.5, 0.6) is 0 Å². The van der Waals surface area contributed by atoms with E-state index in [9.17, 15) is 0 Å². The van der Waals surface area contributed by atoms with Crippen molar-refractivity contribution in [2.24, 2.45) is 0 Å². The van der Waals surface area contributed by atoms with E-state index in [0.717, 1.165) is 6.42 Å². The van der Waals surface area contributed by atoms with E-state index < -0.39 is 6.10 Å². The molecule has 0 bridgehead atoms. The predicted molar refractivity (Wildman–Crippen MR) is 38.6 cm³/mol. The molecule has 0 saturated heterocycles. The van der Waals surface area contributed by atoms with Gasteiger partial charge in [-0.25, -0.2) is 0 Å². The van der Waals surface area contributed by atoms with Crippen molar-refractivity contribution < 1.29 is 15.3 Å². The Kier molecular flexibility index (Phi) is 5.58. The van der Waals surface area contributed by atoms with Crippen LogP contribution in [0.15, 0.2) is 0 Å². The smallest absolute Gasteiger partial charge is 0.0771 e. The molecule has 0 aliphatic carbocycles. The molecule has 2 atom stereocenters. The zero-order valence-corrected chi connectivity index (χ0v) is 6.32. The van der Waals surface area contributed by atoms with Crippen molar-refractivity contribution in [3.8, 4) is 0 Å². The molecular formula is C7H16O3. The minimum Gasteiger partial charge on any atom is -0.394 e. The van der Waals surface area contributed by atoms with Gasteiger partial charge in [0.15, 0.2) is 0 Å². The summed E-state index contributed by atoms with van der Waals surface area (Å²) in [6.45, 7) is 1.53. The Balaban J connectivity index is 3.03. The van der Waals surface area contributed by atoms with Gasteiger partial charge in [0.05, 0.1) is 18.8 Å². The second kappa shape index (κ2) is 5.65. The van der Waals surface area contributed by atoms with Gasteiger partial charge in [-0.1, -0.05) is 0 Å². The summed E-state index contributed by atoms with van der Waals surface area (Å²) in [7, 11) is 0. The summed E-state index contributed by atoms with van der Waals surface area (Å²) in [6.07, 6.45) is 1.11. The van der Waals surface area contributed by atoms with Crippen LogP contribution in [-0.2, 0) is 0 Å². The maximum absolute atomic E-state index is 8.84. The molecule has 62 valence electrons. The van der Waals surface area contributed by atoms with Gasteiger partial charge in [-0.2, -0.15) is 0 Å². The van der Waals surface area contributed by atoms with Crippen LogP contribution in [0.1, 0.15) is 26.2 Å². The fourth-order valence-corrected chi connectivity index (χ4v) is 0.740. The molecule has 0 spiro atoms. The van der Waals surface area contributed by atoms with E-state index in [1.807, 2.05) is 0 Å². The number of aliphatic hydroxyl groups is 3. The normalized spacial score (nSPS) is 16.8. The summed E-state index contributed by atoms with van der Waals surface area (Å²) >= 11 is 0. The Labute approximate surface area is 61.3 Å². The van der Waals surface area contributed by atoms with Crippen LogP contribution < -0.4 is 0 Å². The average molecular weight is 148 g/mol. The van der Waals surface area contributed by atoms with Crippen molar-refractivity contribution in [3.05, 3.63) is 0 Å². The third-order valence-electron chi connectivity index (χ3n) is 1.37. The van der Waals surface area contributed by atoms with E-state index in [1.54, 1.807) is 6.92 Å². The molecule has 3 heteroatoms. The highest BCUT2D eigenvalue weighted by Crippen LogP contribution is 2.02. The van der Waals surface area contributed by atoms with Crippen molar-refractivity contribution in [1.82, 2.24) is 0 Å². The molecule has 3 N–H and O–H groups in total. The molecule has 0 saturated carbocycles. The molecule has 3 nitrogen and oxygen atoms in total. The fraction of sp³-hybridized carbons (Fsp3) is 1.00. The Morgan fingerprint density at radius 1 is 1.20 bits per heavy atom. The van der Waals surface area contributed by atoms with Crippen molar-refractivity contribution >= 4 is 0 Å². The summed E-state index contributed by atoms with van der Waals surface area (Å²) in [4.78, 5) is 0. The van der Waals surface area contributed by atoms with Crippen LogP contribution in [0.4, 0.5) is 0 Å². The predicted octanol–water partition coefficient (Wildman–Crippen LogP) is -0.109. The van der Waals surface area contributed by atoms with Gasteiger partial charge < -0.3 is 15.3 Å². The lowest BCUT2D eigenvalue weighted by Crippen LogP contribution is -2.12. The summed E-state index contributed by atoms with van der Waals surface area (Å²) in [5.41, 5.74) is 0. The van der Waals surface area contributed by atoms with Gasteiger partial charge in [0.1, 0.15) is 0 Å². The standard InChI is InChI=1S/C7H16O3/c1-6(9)3-2-4-7(10)5-8/h6-10H,2-5H2,1H3/t6-,7-/m1/s1. The third-order valence-corrected chi connectivity index (χ3v) is 1.37. The van der Waals surface area contributed by atoms with Crippen LogP contribution in [-0.4, -0.2) is 34.1 Å². The van der Waals surface area contributed by atoms with Crippen molar-refractivity contribution in [3.63, 3.8) is 0 Å². The lowest BCUT2D eigenvalue weighted by Gasteiger charge is -2.07. The largest absolute Gasteiger partial charge is 0.394 e. The van der Waals surface area contributed by atoms with Crippen molar-refractivity contribution in [2.75, 3.05) is 6.61 Å². The molecule has 0 radical (unpaired) electrons. The first-order chi connectivity index (χ1) is 4.66. The lowest BCUT2D eigenvalue weighted by atomic mass is 10.1. The molecule has 0 aliphatic heterocycles. The number of aliphatic hydroxyl groups excluding tert-OH is 3. The van der Waals surface area contributed by atoms with E-state index in [4.69, 9.17) is 15.3 Å². The third kappa shape index (κ3) is 6.01. The minimum absolute atomic E-state index is 0.181. The average Bonchev–Trinajstić information content (AvgIpc) is 1.87.